The summed E-state index contributed by atoms with van der Waals surface area (Å²) in [6, 6.07) is 0. The van der Waals surface area contributed by atoms with E-state index in [-0.39, 0.29) is 0 Å². The minimum Gasteiger partial charge on any atom is -0.233 e. The third-order valence-electron chi connectivity index (χ3n) is 0.618. The van der Waals surface area contributed by atoms with Gasteiger partial charge in [0.25, 0.3) is 0 Å². The lowest BCUT2D eigenvalue weighted by Crippen LogP contribution is -1.68. The van der Waals surface area contributed by atoms with Gasteiger partial charge in [-0.15, -0.1) is 0 Å². The Bertz CT molecular complexity index is 156. The average molecular weight is 127 g/mol. The number of aliphatic imine (C=N–C) groups is 1. The minimum atomic E-state index is -0.495. The van der Waals surface area contributed by atoms with Crippen LogP contribution < -0.4 is 0 Å². The molecular weight excluding hydrogens is 117 g/mol. The average Bonchev–Trinajstić information content (AvgIpc) is 1.63. The Hall–Kier alpha value is -0.920. The molecule has 9 heavy (non-hydrogen) atoms. The van der Waals surface area contributed by atoms with E-state index in [0.717, 1.165) is 0 Å². The van der Waals surface area contributed by atoms with E-state index >= 15 is 0 Å². The maximum absolute atomic E-state index is 12.3. The Balaban J connectivity index is 4.00. The third-order valence-corrected chi connectivity index (χ3v) is 0.618. The number of allylic oxidation sites excluding steroid dienone is 2. The second-order valence-corrected chi connectivity index (χ2v) is 1.70. The smallest absolute Gasteiger partial charge is 0.212 e. The van der Waals surface area contributed by atoms with Gasteiger partial charge in [0.05, 0.1) is 0 Å². The molecule has 0 aromatic rings. The van der Waals surface area contributed by atoms with Gasteiger partial charge in [0.2, 0.25) is 5.95 Å². The van der Waals surface area contributed by atoms with Crippen LogP contribution >= 0.6 is 0 Å². The molecule has 0 N–H and O–H groups in total. The number of hydrogen-bond donors (Lipinski definition) is 0. The van der Waals surface area contributed by atoms with Gasteiger partial charge in [-0.3, -0.25) is 0 Å². The van der Waals surface area contributed by atoms with Crippen LogP contribution in [-0.4, -0.2) is 6.21 Å². The third kappa shape index (κ3) is 4.94. The Morgan fingerprint density at radius 1 is 1.67 bits per heavy atom. The molecule has 0 atom stereocenters. The van der Waals surface area contributed by atoms with Crippen LogP contribution in [0.3, 0.4) is 0 Å². The molecule has 0 aromatic carbocycles. The zero-order valence-corrected chi connectivity index (χ0v) is 5.69. The van der Waals surface area contributed by atoms with Gasteiger partial charge >= 0.3 is 0 Å². The first-order chi connectivity index (χ1) is 4.16. The standard InChI is InChI=1S/C7H10FN/c1-4-9-7(8)5-6(2)3/h4-5H,2H2,1,3H3/b7-5-,9-4-. The van der Waals surface area contributed by atoms with E-state index in [2.05, 4.69) is 11.6 Å². The summed E-state index contributed by atoms with van der Waals surface area (Å²) in [6.07, 6.45) is 2.68. The lowest BCUT2D eigenvalue weighted by atomic mass is 10.3. The van der Waals surface area contributed by atoms with Gasteiger partial charge in [-0.25, -0.2) is 4.99 Å². The fourth-order valence-electron chi connectivity index (χ4n) is 0.364. The fraction of sp³-hybridized carbons (Fsp3) is 0.286. The van der Waals surface area contributed by atoms with Crippen molar-refractivity contribution in [1.82, 2.24) is 0 Å². The zero-order valence-electron chi connectivity index (χ0n) is 5.69. The molecule has 50 valence electrons. The van der Waals surface area contributed by atoms with E-state index in [0.29, 0.717) is 5.57 Å². The molecule has 0 bridgehead atoms. The molecule has 0 fully saturated rings. The topological polar surface area (TPSA) is 12.4 Å². The molecule has 0 heterocycles. The quantitative estimate of drug-likeness (QED) is 0.307. The van der Waals surface area contributed by atoms with Crippen LogP contribution in [0, 0.1) is 0 Å². The summed E-state index contributed by atoms with van der Waals surface area (Å²) in [5.74, 6) is -0.495. The maximum Gasteiger partial charge on any atom is 0.212 e. The highest BCUT2D eigenvalue weighted by atomic mass is 19.1. The van der Waals surface area contributed by atoms with E-state index in [1.165, 1.54) is 12.3 Å². The molecule has 0 aliphatic heterocycles. The van der Waals surface area contributed by atoms with Crippen molar-refractivity contribution in [2.24, 2.45) is 4.99 Å². The lowest BCUT2D eigenvalue weighted by Gasteiger charge is -1.84. The molecule has 0 radical (unpaired) electrons. The molecule has 0 aliphatic rings. The Labute approximate surface area is 54.6 Å². The summed E-state index contributed by atoms with van der Waals surface area (Å²) in [7, 11) is 0. The van der Waals surface area contributed by atoms with Crippen LogP contribution in [0.5, 0.6) is 0 Å². The van der Waals surface area contributed by atoms with Gasteiger partial charge in [-0.2, -0.15) is 4.39 Å². The highest BCUT2D eigenvalue weighted by Gasteiger charge is 1.84. The van der Waals surface area contributed by atoms with E-state index in [4.69, 9.17) is 0 Å². The number of nitrogens with zero attached hydrogens (tertiary/aromatic N) is 1. The van der Waals surface area contributed by atoms with Crippen molar-refractivity contribution in [2.45, 2.75) is 13.8 Å². The molecule has 0 saturated carbocycles. The van der Waals surface area contributed by atoms with Crippen LogP contribution in [0.25, 0.3) is 0 Å². The van der Waals surface area contributed by atoms with Crippen LogP contribution in [0.1, 0.15) is 13.8 Å². The van der Waals surface area contributed by atoms with Crippen molar-refractivity contribution in [3.63, 3.8) is 0 Å². The summed E-state index contributed by atoms with van der Waals surface area (Å²) >= 11 is 0. The van der Waals surface area contributed by atoms with Gasteiger partial charge in [0, 0.05) is 6.21 Å². The minimum absolute atomic E-state index is 0.495. The van der Waals surface area contributed by atoms with Crippen LogP contribution in [0.2, 0.25) is 0 Å². The molecule has 1 nitrogen and oxygen atoms in total. The first-order valence-electron chi connectivity index (χ1n) is 2.68. The van der Waals surface area contributed by atoms with Gasteiger partial charge in [0.1, 0.15) is 0 Å². The molecule has 2 heteroatoms. The largest absolute Gasteiger partial charge is 0.233 e. The second-order valence-electron chi connectivity index (χ2n) is 1.70. The van der Waals surface area contributed by atoms with E-state index in [9.17, 15) is 4.39 Å². The highest BCUT2D eigenvalue weighted by molar-refractivity contribution is 5.54. The number of hydrogen-bond acceptors (Lipinski definition) is 1. The van der Waals surface area contributed by atoms with Crippen molar-refractivity contribution in [3.8, 4) is 0 Å². The summed E-state index contributed by atoms with van der Waals surface area (Å²) in [4.78, 5) is 3.37. The maximum atomic E-state index is 12.3. The molecule has 0 aromatic heterocycles. The predicted molar refractivity (Wildman–Crippen MR) is 38.2 cm³/mol. The van der Waals surface area contributed by atoms with Crippen molar-refractivity contribution in [2.75, 3.05) is 0 Å². The molecule has 0 rings (SSSR count). The lowest BCUT2D eigenvalue weighted by molar-refractivity contribution is 0.628. The molecule has 0 saturated heterocycles. The summed E-state index contributed by atoms with van der Waals surface area (Å²) in [5, 5.41) is 0. The van der Waals surface area contributed by atoms with Crippen LogP contribution in [-0.2, 0) is 0 Å². The fourth-order valence-corrected chi connectivity index (χ4v) is 0.364. The first-order valence-corrected chi connectivity index (χ1v) is 2.68. The Morgan fingerprint density at radius 2 is 2.22 bits per heavy atom. The van der Waals surface area contributed by atoms with E-state index in [1.807, 2.05) is 0 Å². The van der Waals surface area contributed by atoms with Gasteiger partial charge in [-0.1, -0.05) is 12.2 Å². The van der Waals surface area contributed by atoms with Gasteiger partial charge in [-0.05, 0) is 19.9 Å². The molecule has 0 spiro atoms. The van der Waals surface area contributed by atoms with Crippen LogP contribution in [0.4, 0.5) is 4.39 Å². The highest BCUT2D eigenvalue weighted by Crippen LogP contribution is 2.01. The normalized spacial score (nSPS) is 12.6. The van der Waals surface area contributed by atoms with Crippen LogP contribution in [0.15, 0.2) is 29.2 Å². The molecular formula is C7H10FN. The van der Waals surface area contributed by atoms with Gasteiger partial charge < -0.3 is 0 Å². The summed E-state index contributed by atoms with van der Waals surface area (Å²) < 4.78 is 12.3. The summed E-state index contributed by atoms with van der Waals surface area (Å²) in [6.45, 7) is 6.86. The molecule has 0 unspecified atom stereocenters. The number of halogens is 1. The zero-order chi connectivity index (χ0) is 7.28. The monoisotopic (exact) mass is 127 g/mol. The predicted octanol–water partition coefficient (Wildman–Crippen LogP) is 2.46. The molecule has 0 aliphatic carbocycles. The van der Waals surface area contributed by atoms with E-state index < -0.39 is 5.95 Å². The summed E-state index contributed by atoms with van der Waals surface area (Å²) in [5.41, 5.74) is 0.665. The first kappa shape index (κ1) is 8.08. The second kappa shape index (κ2) is 4.01. The number of rotatable bonds is 2. The van der Waals surface area contributed by atoms with Crippen molar-refractivity contribution in [3.05, 3.63) is 24.2 Å². The SMILES string of the molecule is C=C(C)/C=C(F)\N=C/C. The Morgan fingerprint density at radius 3 is 2.56 bits per heavy atom. The van der Waals surface area contributed by atoms with Crippen molar-refractivity contribution >= 4 is 6.21 Å². The van der Waals surface area contributed by atoms with Crippen molar-refractivity contribution < 1.29 is 4.39 Å². The molecule has 0 amide bonds. The Kier molecular flexibility index (Phi) is 3.60. The van der Waals surface area contributed by atoms with E-state index in [1.54, 1.807) is 13.8 Å². The van der Waals surface area contributed by atoms with Gasteiger partial charge in [0.15, 0.2) is 0 Å². The van der Waals surface area contributed by atoms with Crippen molar-refractivity contribution in [1.29, 1.82) is 0 Å².